The molecule has 0 aliphatic heterocycles. The third kappa shape index (κ3) is 5.61. The Balaban J connectivity index is 1.08. The monoisotopic (exact) mass is 753 g/mol. The van der Waals surface area contributed by atoms with Crippen molar-refractivity contribution in [2.75, 3.05) is 0 Å². The number of hydrogen-bond donors (Lipinski definition) is 0. The molecule has 276 valence electrons. The van der Waals surface area contributed by atoms with E-state index in [9.17, 15) is 5.26 Å². The maximum atomic E-state index is 9.45. The van der Waals surface area contributed by atoms with Gasteiger partial charge in [0.1, 0.15) is 0 Å². The molecule has 1 aliphatic carbocycles. The van der Waals surface area contributed by atoms with Gasteiger partial charge in [0.05, 0.1) is 17.1 Å². The number of nitrogens with zero attached hydrogens (tertiary/aromatic N) is 5. The fourth-order valence-corrected chi connectivity index (χ4v) is 9.03. The molecular weight excluding hydrogens is 719 g/mol. The number of benzene rings is 8. The number of rotatable bonds is 5. The molecule has 59 heavy (non-hydrogen) atoms. The van der Waals surface area contributed by atoms with E-state index in [4.69, 9.17) is 19.9 Å². The minimum Gasteiger partial charge on any atom is -0.256 e. The lowest BCUT2D eigenvalue weighted by Gasteiger charge is -2.21. The molecule has 0 atom stereocenters. The molecular formula is C54H35N5. The van der Waals surface area contributed by atoms with Gasteiger partial charge in [-0.15, -0.1) is 0 Å². The smallest absolute Gasteiger partial charge is 0.164 e. The third-order valence-corrected chi connectivity index (χ3v) is 12.0. The third-order valence-electron chi connectivity index (χ3n) is 12.0. The highest BCUT2D eigenvalue weighted by atomic mass is 15.0. The predicted octanol–water partition coefficient (Wildman–Crippen LogP) is 13.2. The summed E-state index contributed by atoms with van der Waals surface area (Å²) in [4.78, 5) is 20.3. The van der Waals surface area contributed by atoms with Crippen molar-refractivity contribution in [3.8, 4) is 73.6 Å². The van der Waals surface area contributed by atoms with Crippen LogP contribution in [0.25, 0.3) is 100.0 Å². The van der Waals surface area contributed by atoms with Crippen LogP contribution in [0.4, 0.5) is 0 Å². The first-order valence-electron chi connectivity index (χ1n) is 19.9. The summed E-state index contributed by atoms with van der Waals surface area (Å²) in [6.07, 6.45) is 1.85. The van der Waals surface area contributed by atoms with Crippen LogP contribution in [0.3, 0.4) is 0 Å². The van der Waals surface area contributed by atoms with Gasteiger partial charge in [-0.05, 0) is 103 Å². The Morgan fingerprint density at radius 1 is 0.407 bits per heavy atom. The molecule has 0 N–H and O–H groups in total. The van der Waals surface area contributed by atoms with Crippen LogP contribution >= 0.6 is 0 Å². The van der Waals surface area contributed by atoms with Crippen LogP contribution in [0.1, 0.15) is 30.5 Å². The lowest BCUT2D eigenvalue weighted by atomic mass is 9.82. The summed E-state index contributed by atoms with van der Waals surface area (Å²) in [5, 5.41) is 15.1. The zero-order valence-corrected chi connectivity index (χ0v) is 32.5. The number of pyridine rings is 1. The Hall–Kier alpha value is -7.81. The van der Waals surface area contributed by atoms with E-state index in [1.165, 1.54) is 22.3 Å². The van der Waals surface area contributed by atoms with E-state index < -0.39 is 0 Å². The van der Waals surface area contributed by atoms with Gasteiger partial charge in [-0.3, -0.25) is 4.98 Å². The van der Waals surface area contributed by atoms with Crippen molar-refractivity contribution in [3.05, 3.63) is 193 Å². The number of aromatic nitrogens is 4. The first kappa shape index (κ1) is 34.4. The van der Waals surface area contributed by atoms with Crippen LogP contribution in [-0.2, 0) is 5.41 Å². The van der Waals surface area contributed by atoms with Crippen LogP contribution in [0, 0.1) is 11.3 Å². The van der Waals surface area contributed by atoms with Gasteiger partial charge in [0, 0.05) is 39.3 Å². The van der Waals surface area contributed by atoms with E-state index in [0.717, 1.165) is 71.4 Å². The van der Waals surface area contributed by atoms with E-state index in [2.05, 4.69) is 141 Å². The lowest BCUT2D eigenvalue weighted by Crippen LogP contribution is -2.15. The molecule has 0 fully saturated rings. The van der Waals surface area contributed by atoms with Crippen molar-refractivity contribution in [2.24, 2.45) is 0 Å². The van der Waals surface area contributed by atoms with E-state index >= 15 is 0 Å². The molecule has 5 heteroatoms. The molecule has 10 aromatic rings. The van der Waals surface area contributed by atoms with Crippen LogP contribution in [0.15, 0.2) is 176 Å². The summed E-state index contributed by atoms with van der Waals surface area (Å²) in [5.74, 6) is 1.89. The Bertz CT molecular complexity index is 3360. The van der Waals surface area contributed by atoms with Gasteiger partial charge < -0.3 is 0 Å². The van der Waals surface area contributed by atoms with Gasteiger partial charge >= 0.3 is 0 Å². The molecule has 2 aromatic heterocycles. The Kier molecular flexibility index (Phi) is 7.82. The van der Waals surface area contributed by atoms with Gasteiger partial charge in [-0.2, -0.15) is 5.26 Å². The molecule has 0 saturated heterocycles. The van der Waals surface area contributed by atoms with E-state index in [1.807, 2.05) is 54.7 Å². The molecule has 2 heterocycles. The average Bonchev–Trinajstić information content (AvgIpc) is 3.53. The molecule has 0 unspecified atom stereocenters. The van der Waals surface area contributed by atoms with Gasteiger partial charge in [0.15, 0.2) is 17.5 Å². The summed E-state index contributed by atoms with van der Waals surface area (Å²) in [6, 6.07) is 61.4. The fraction of sp³-hybridized carbons (Fsp3) is 0.0556. The minimum absolute atomic E-state index is 0.149. The largest absolute Gasteiger partial charge is 0.256 e. The molecule has 0 amide bonds. The summed E-state index contributed by atoms with van der Waals surface area (Å²) in [7, 11) is 0. The van der Waals surface area contributed by atoms with Crippen LogP contribution in [0.5, 0.6) is 0 Å². The highest BCUT2D eigenvalue weighted by Gasteiger charge is 2.35. The molecule has 8 aromatic carbocycles. The first-order valence-corrected chi connectivity index (χ1v) is 19.9. The summed E-state index contributed by atoms with van der Waals surface area (Å²) >= 11 is 0. The SMILES string of the molecule is CC1(C)c2ccccc2-c2ccc(-c3nc(-c4ccccc4)nc(-c4cccc(-c5cc6c7cccnc7c(-c7ccc(C#N)cc7)cc6c6ccccc56)c4)n3)cc21. The average molecular weight is 754 g/mol. The van der Waals surface area contributed by atoms with Crippen molar-refractivity contribution in [3.63, 3.8) is 0 Å². The maximum absolute atomic E-state index is 9.45. The van der Waals surface area contributed by atoms with Gasteiger partial charge in [-0.25, -0.2) is 15.0 Å². The lowest BCUT2D eigenvalue weighted by molar-refractivity contribution is 0.660. The summed E-state index contributed by atoms with van der Waals surface area (Å²) in [6.45, 7) is 4.59. The predicted molar refractivity (Wildman–Crippen MR) is 240 cm³/mol. The van der Waals surface area contributed by atoms with E-state index in [-0.39, 0.29) is 5.41 Å². The van der Waals surface area contributed by atoms with Crippen LogP contribution in [-0.4, -0.2) is 19.9 Å². The highest BCUT2D eigenvalue weighted by molar-refractivity contribution is 6.23. The molecule has 11 rings (SSSR count). The van der Waals surface area contributed by atoms with Crippen LogP contribution in [0.2, 0.25) is 0 Å². The highest BCUT2D eigenvalue weighted by Crippen LogP contribution is 2.49. The Labute approximate surface area is 342 Å². The number of hydrogen-bond acceptors (Lipinski definition) is 5. The van der Waals surface area contributed by atoms with Crippen molar-refractivity contribution >= 4 is 32.4 Å². The second-order valence-electron chi connectivity index (χ2n) is 15.8. The Morgan fingerprint density at radius 3 is 1.80 bits per heavy atom. The van der Waals surface area contributed by atoms with Crippen molar-refractivity contribution in [1.82, 2.24) is 19.9 Å². The molecule has 0 spiro atoms. The zero-order chi connectivity index (χ0) is 39.7. The molecule has 0 bridgehead atoms. The molecule has 0 saturated carbocycles. The van der Waals surface area contributed by atoms with Gasteiger partial charge in [-0.1, -0.05) is 141 Å². The fourth-order valence-electron chi connectivity index (χ4n) is 9.03. The minimum atomic E-state index is -0.149. The number of fused-ring (bicyclic) bond motifs is 8. The summed E-state index contributed by atoms with van der Waals surface area (Å²) in [5.41, 5.74) is 13.6. The molecule has 5 nitrogen and oxygen atoms in total. The van der Waals surface area contributed by atoms with Gasteiger partial charge in [0.2, 0.25) is 0 Å². The topological polar surface area (TPSA) is 75.3 Å². The summed E-state index contributed by atoms with van der Waals surface area (Å²) < 4.78 is 0. The first-order chi connectivity index (χ1) is 28.9. The second-order valence-corrected chi connectivity index (χ2v) is 15.8. The standard InChI is InChI=1S/C54H35N5/c1-54(2)48-20-9-8-18-41(48)42-26-25-38(29-49(42)54)53-58-51(35-12-4-3-5-13-35)57-52(59-53)37-15-10-14-36(28-37)44-30-47-43-19-11-27-56-50(43)45(34-23-21-33(32-55)22-24-34)31-46(47)40-17-7-6-16-39(40)44/h3-31H,1-2H3. The van der Waals surface area contributed by atoms with Crippen molar-refractivity contribution < 1.29 is 0 Å². The van der Waals surface area contributed by atoms with Crippen LogP contribution < -0.4 is 0 Å². The van der Waals surface area contributed by atoms with E-state index in [0.29, 0.717) is 23.0 Å². The Morgan fingerprint density at radius 2 is 1.00 bits per heavy atom. The molecule has 0 radical (unpaired) electrons. The normalized spacial score (nSPS) is 12.7. The maximum Gasteiger partial charge on any atom is 0.164 e. The van der Waals surface area contributed by atoms with E-state index in [1.54, 1.807) is 0 Å². The molecule has 1 aliphatic rings. The zero-order valence-electron chi connectivity index (χ0n) is 32.5. The number of nitriles is 1. The van der Waals surface area contributed by atoms with Crippen molar-refractivity contribution in [2.45, 2.75) is 19.3 Å². The van der Waals surface area contributed by atoms with Crippen molar-refractivity contribution in [1.29, 1.82) is 5.26 Å². The quantitative estimate of drug-likeness (QED) is 0.164. The van der Waals surface area contributed by atoms with Gasteiger partial charge in [0.25, 0.3) is 0 Å². The second kappa shape index (κ2) is 13.4.